The molecule has 136 valence electrons. The van der Waals surface area contributed by atoms with Crippen molar-refractivity contribution in [2.75, 3.05) is 26.2 Å². The summed E-state index contributed by atoms with van der Waals surface area (Å²) in [6.45, 7) is 6.91. The summed E-state index contributed by atoms with van der Waals surface area (Å²) >= 11 is 5.83. The molecule has 2 aromatic carbocycles. The highest BCUT2D eigenvalue weighted by molar-refractivity contribution is 6.32. The SMILES string of the molecule is Cc1ccc(C[NH+]2CCN(/N=C\c3ccc(Cl)c([N+](=O)[O-])c3)CC2)cc1. The fourth-order valence-corrected chi connectivity index (χ4v) is 3.18. The van der Waals surface area contributed by atoms with Crippen molar-refractivity contribution < 1.29 is 9.82 Å². The molecule has 7 heteroatoms. The number of quaternary nitrogens is 1. The lowest BCUT2D eigenvalue weighted by atomic mass is 10.1. The lowest BCUT2D eigenvalue weighted by molar-refractivity contribution is -0.918. The number of nitro groups is 1. The van der Waals surface area contributed by atoms with Crippen LogP contribution in [-0.2, 0) is 6.54 Å². The molecule has 0 aromatic heterocycles. The van der Waals surface area contributed by atoms with Gasteiger partial charge in [0.2, 0.25) is 0 Å². The van der Waals surface area contributed by atoms with E-state index >= 15 is 0 Å². The minimum atomic E-state index is -0.479. The Morgan fingerprint density at radius 2 is 1.92 bits per heavy atom. The van der Waals surface area contributed by atoms with Crippen LogP contribution in [0.15, 0.2) is 47.6 Å². The average Bonchev–Trinajstić information content (AvgIpc) is 2.64. The average molecular weight is 374 g/mol. The highest BCUT2D eigenvalue weighted by atomic mass is 35.5. The highest BCUT2D eigenvalue weighted by Crippen LogP contribution is 2.24. The van der Waals surface area contributed by atoms with Crippen LogP contribution >= 0.6 is 11.6 Å². The maximum absolute atomic E-state index is 10.9. The number of hydrogen-bond donors (Lipinski definition) is 1. The zero-order valence-electron chi connectivity index (χ0n) is 14.7. The second kappa shape index (κ2) is 8.29. The van der Waals surface area contributed by atoms with E-state index in [0.29, 0.717) is 5.56 Å². The molecule has 0 radical (unpaired) electrons. The number of rotatable bonds is 5. The van der Waals surface area contributed by atoms with E-state index < -0.39 is 4.92 Å². The molecule has 6 nitrogen and oxygen atoms in total. The van der Waals surface area contributed by atoms with E-state index in [-0.39, 0.29) is 10.7 Å². The number of halogens is 1. The minimum absolute atomic E-state index is 0.0945. The number of hydrogen-bond acceptors (Lipinski definition) is 4. The first-order valence-electron chi connectivity index (χ1n) is 8.63. The topological polar surface area (TPSA) is 63.2 Å². The molecule has 2 aromatic rings. The lowest BCUT2D eigenvalue weighted by Crippen LogP contribution is -3.13. The van der Waals surface area contributed by atoms with Gasteiger partial charge in [-0.2, -0.15) is 5.10 Å². The Labute approximate surface area is 157 Å². The van der Waals surface area contributed by atoms with Gasteiger partial charge in [0.15, 0.2) is 0 Å². The quantitative estimate of drug-likeness (QED) is 0.497. The molecular weight excluding hydrogens is 352 g/mol. The molecular formula is C19H22ClN4O2+. The Balaban J connectivity index is 1.53. The molecule has 0 amide bonds. The van der Waals surface area contributed by atoms with E-state index in [9.17, 15) is 10.1 Å². The number of nitro benzene ring substituents is 1. The van der Waals surface area contributed by atoms with Crippen molar-refractivity contribution in [2.24, 2.45) is 5.10 Å². The fraction of sp³-hybridized carbons (Fsp3) is 0.316. The first-order chi connectivity index (χ1) is 12.5. The van der Waals surface area contributed by atoms with E-state index in [1.807, 2.05) is 5.01 Å². The Morgan fingerprint density at radius 1 is 1.23 bits per heavy atom. The van der Waals surface area contributed by atoms with Crippen molar-refractivity contribution in [1.29, 1.82) is 0 Å². The molecule has 0 saturated carbocycles. The monoisotopic (exact) mass is 373 g/mol. The number of piperazine rings is 1. The molecule has 0 unspecified atom stereocenters. The van der Waals surface area contributed by atoms with Crippen LogP contribution in [0, 0.1) is 17.0 Å². The standard InChI is InChI=1S/C19H21ClN4O2/c1-15-2-4-16(5-3-15)14-22-8-10-23(11-9-22)21-13-17-6-7-18(20)19(12-17)24(25)26/h2-7,12-13H,8-11,14H2,1H3/p+1/b21-13-. The van der Waals surface area contributed by atoms with Crippen LogP contribution < -0.4 is 4.90 Å². The van der Waals surface area contributed by atoms with Crippen LogP contribution in [0.1, 0.15) is 16.7 Å². The molecule has 0 bridgehead atoms. The van der Waals surface area contributed by atoms with E-state index in [1.54, 1.807) is 17.2 Å². The summed E-state index contributed by atoms with van der Waals surface area (Å²) in [7, 11) is 0. The zero-order chi connectivity index (χ0) is 18.5. The van der Waals surface area contributed by atoms with Crippen molar-refractivity contribution in [2.45, 2.75) is 13.5 Å². The molecule has 1 saturated heterocycles. The van der Waals surface area contributed by atoms with E-state index in [4.69, 9.17) is 11.6 Å². The third-order valence-corrected chi connectivity index (χ3v) is 4.88. The van der Waals surface area contributed by atoms with Crippen molar-refractivity contribution in [3.63, 3.8) is 0 Å². The molecule has 1 N–H and O–H groups in total. The maximum atomic E-state index is 10.9. The third-order valence-electron chi connectivity index (χ3n) is 4.56. The summed E-state index contributed by atoms with van der Waals surface area (Å²) in [5.74, 6) is 0. The maximum Gasteiger partial charge on any atom is 0.288 e. The second-order valence-corrected chi connectivity index (χ2v) is 6.99. The molecule has 1 aliphatic heterocycles. The van der Waals surface area contributed by atoms with Gasteiger partial charge in [0.05, 0.1) is 37.3 Å². The van der Waals surface area contributed by atoms with Crippen LogP contribution in [0.2, 0.25) is 5.02 Å². The third kappa shape index (κ3) is 4.80. The van der Waals surface area contributed by atoms with Gasteiger partial charge in [-0.3, -0.25) is 15.1 Å². The Bertz CT molecular complexity index is 800. The fourth-order valence-electron chi connectivity index (χ4n) is 3.00. The van der Waals surface area contributed by atoms with Crippen LogP contribution in [0.4, 0.5) is 5.69 Å². The van der Waals surface area contributed by atoms with Crippen LogP contribution in [0.25, 0.3) is 0 Å². The predicted octanol–water partition coefficient (Wildman–Crippen LogP) is 2.29. The highest BCUT2D eigenvalue weighted by Gasteiger charge is 2.19. The first-order valence-corrected chi connectivity index (χ1v) is 9.01. The summed E-state index contributed by atoms with van der Waals surface area (Å²) in [6.07, 6.45) is 1.66. The molecule has 0 atom stereocenters. The molecule has 3 rings (SSSR count). The number of nitrogens with zero attached hydrogens (tertiary/aromatic N) is 3. The van der Waals surface area contributed by atoms with Gasteiger partial charge in [0, 0.05) is 17.2 Å². The van der Waals surface area contributed by atoms with Crippen LogP contribution in [-0.4, -0.2) is 42.3 Å². The van der Waals surface area contributed by atoms with Gasteiger partial charge < -0.3 is 4.90 Å². The second-order valence-electron chi connectivity index (χ2n) is 6.58. The summed E-state index contributed by atoms with van der Waals surface area (Å²) < 4.78 is 0. The Kier molecular flexibility index (Phi) is 5.85. The smallest absolute Gasteiger partial charge is 0.288 e. The van der Waals surface area contributed by atoms with Crippen molar-refractivity contribution in [3.8, 4) is 0 Å². The van der Waals surface area contributed by atoms with Gasteiger partial charge in [0.25, 0.3) is 5.69 Å². The van der Waals surface area contributed by atoms with Gasteiger partial charge in [0.1, 0.15) is 11.6 Å². The molecule has 0 aliphatic carbocycles. The van der Waals surface area contributed by atoms with Gasteiger partial charge in [-0.15, -0.1) is 0 Å². The van der Waals surface area contributed by atoms with Gasteiger partial charge in [-0.1, -0.05) is 47.5 Å². The summed E-state index contributed by atoms with van der Waals surface area (Å²) in [5, 5.41) is 17.6. The number of aryl methyl sites for hydroxylation is 1. The van der Waals surface area contributed by atoms with Gasteiger partial charge >= 0.3 is 0 Å². The van der Waals surface area contributed by atoms with Crippen molar-refractivity contribution in [1.82, 2.24) is 5.01 Å². The lowest BCUT2D eigenvalue weighted by Gasteiger charge is -2.30. The summed E-state index contributed by atoms with van der Waals surface area (Å²) in [6, 6.07) is 13.4. The largest absolute Gasteiger partial charge is 0.328 e. The normalized spacial score (nSPS) is 15.5. The summed E-state index contributed by atoms with van der Waals surface area (Å²) in [4.78, 5) is 12.0. The first kappa shape index (κ1) is 18.4. The zero-order valence-corrected chi connectivity index (χ0v) is 15.4. The van der Waals surface area contributed by atoms with Gasteiger partial charge in [-0.25, -0.2) is 0 Å². The van der Waals surface area contributed by atoms with Gasteiger partial charge in [-0.05, 0) is 13.0 Å². The number of nitrogens with one attached hydrogen (secondary N) is 1. The molecule has 26 heavy (non-hydrogen) atoms. The van der Waals surface area contributed by atoms with E-state index in [2.05, 4.69) is 36.3 Å². The van der Waals surface area contributed by atoms with E-state index in [1.165, 1.54) is 23.3 Å². The van der Waals surface area contributed by atoms with Crippen molar-refractivity contribution in [3.05, 3.63) is 74.3 Å². The Hall–Kier alpha value is -2.44. The van der Waals surface area contributed by atoms with Crippen LogP contribution in [0.5, 0.6) is 0 Å². The number of hydrazone groups is 1. The molecule has 1 aliphatic rings. The Morgan fingerprint density at radius 3 is 2.58 bits per heavy atom. The molecule has 1 fully saturated rings. The molecule has 1 heterocycles. The van der Waals surface area contributed by atoms with Crippen molar-refractivity contribution >= 4 is 23.5 Å². The molecule has 0 spiro atoms. The van der Waals surface area contributed by atoms with Crippen LogP contribution in [0.3, 0.4) is 0 Å². The number of benzene rings is 2. The van der Waals surface area contributed by atoms with E-state index in [0.717, 1.165) is 32.7 Å². The minimum Gasteiger partial charge on any atom is -0.328 e. The predicted molar refractivity (Wildman–Crippen MR) is 103 cm³/mol. The summed E-state index contributed by atoms with van der Waals surface area (Å²) in [5.41, 5.74) is 3.22.